The highest BCUT2D eigenvalue weighted by Crippen LogP contribution is 2.56. The Bertz CT molecular complexity index is 1120. The minimum absolute atomic E-state index is 0.0771. The first-order valence-corrected chi connectivity index (χ1v) is 17.1. The number of rotatable bonds is 18. The molecule has 41 heavy (non-hydrogen) atoms. The number of carbonyl (C=O) groups is 1. The average molecular weight is 591 g/mol. The van der Waals surface area contributed by atoms with Gasteiger partial charge in [0.1, 0.15) is 11.5 Å². The van der Waals surface area contributed by atoms with E-state index in [0.29, 0.717) is 18.4 Å². The van der Waals surface area contributed by atoms with Gasteiger partial charge in [-0.15, -0.1) is 0 Å². The Hall–Kier alpha value is -1.92. The first kappa shape index (κ1) is 33.6. The Morgan fingerprint density at radius 2 is 1.73 bits per heavy atom. The van der Waals surface area contributed by atoms with Crippen LogP contribution in [0.3, 0.4) is 0 Å². The van der Waals surface area contributed by atoms with E-state index in [9.17, 15) is 19.4 Å². The number of hydrogen-bond acceptors (Lipinski definition) is 6. The van der Waals surface area contributed by atoms with Crippen LogP contribution in [0.25, 0.3) is 0 Å². The summed E-state index contributed by atoms with van der Waals surface area (Å²) >= 11 is 0. The number of phenolic OH excluding ortho intramolecular Hbond substituents is 1. The van der Waals surface area contributed by atoms with Gasteiger partial charge < -0.3 is 14.7 Å². The van der Waals surface area contributed by atoms with Gasteiger partial charge in [0.15, 0.2) is 5.60 Å². The number of ether oxygens (including phenoxy) is 1. The molecule has 0 bridgehead atoms. The minimum Gasteiger partial charge on any atom is -0.507 e. The lowest BCUT2D eigenvalue weighted by atomic mass is 9.73. The fraction of sp³-hybridized carbons (Fsp3) is 0.667. The Morgan fingerprint density at radius 1 is 1.07 bits per heavy atom. The molecule has 2 aliphatic carbocycles. The van der Waals surface area contributed by atoms with Gasteiger partial charge in [-0.25, -0.2) is 9.36 Å². The molecule has 1 aromatic rings. The average Bonchev–Trinajstić information content (AvgIpc) is 3.67. The highest BCUT2D eigenvalue weighted by Gasteiger charge is 2.58. The van der Waals surface area contributed by atoms with Crippen LogP contribution in [0.1, 0.15) is 128 Å². The molecule has 2 aliphatic rings. The van der Waals surface area contributed by atoms with Gasteiger partial charge in [0, 0.05) is 11.5 Å². The number of aromatic hydroxyl groups is 1. The van der Waals surface area contributed by atoms with Gasteiger partial charge in [0.25, 0.3) is 0 Å². The minimum atomic E-state index is -4.45. The summed E-state index contributed by atoms with van der Waals surface area (Å²) in [5.74, 6) is -0.501. The molecule has 0 aliphatic heterocycles. The van der Waals surface area contributed by atoms with Crippen LogP contribution in [0.15, 0.2) is 35.9 Å². The first-order valence-electron chi connectivity index (χ1n) is 15.6. The first-order chi connectivity index (χ1) is 19.5. The van der Waals surface area contributed by atoms with Gasteiger partial charge in [-0.2, -0.15) is 0 Å². The third-order valence-corrected chi connectivity index (χ3v) is 9.34. The van der Waals surface area contributed by atoms with Crippen LogP contribution in [0.2, 0.25) is 0 Å². The Kier molecular flexibility index (Phi) is 12.7. The highest BCUT2D eigenvalue weighted by molar-refractivity contribution is 7.47. The third kappa shape index (κ3) is 9.81. The summed E-state index contributed by atoms with van der Waals surface area (Å²) in [6, 6.07) is 3.55. The zero-order chi connectivity index (χ0) is 30.0. The molecular weight excluding hydrogens is 539 g/mol. The molecule has 230 valence electrons. The summed E-state index contributed by atoms with van der Waals surface area (Å²) in [6.07, 6.45) is 14.8. The molecule has 1 fully saturated rings. The molecule has 0 saturated heterocycles. The topological polar surface area (TPSA) is 102 Å². The van der Waals surface area contributed by atoms with E-state index in [1.54, 1.807) is 12.1 Å². The maximum Gasteiger partial charge on any atom is 0.473 e. The van der Waals surface area contributed by atoms with E-state index in [0.717, 1.165) is 49.7 Å². The van der Waals surface area contributed by atoms with E-state index in [4.69, 9.17) is 13.8 Å². The zero-order valence-electron chi connectivity index (χ0n) is 25.6. The number of hydrogen-bond donors (Lipinski definition) is 2. The number of phosphoric ester groups is 1. The zero-order valence-corrected chi connectivity index (χ0v) is 26.5. The third-order valence-electron chi connectivity index (χ3n) is 8.25. The summed E-state index contributed by atoms with van der Waals surface area (Å²) in [5.41, 5.74) is 2.08. The number of phosphoric acid groups is 1. The number of unbranched alkanes of at least 4 members (excludes halogenated alkanes) is 7. The van der Waals surface area contributed by atoms with Crippen molar-refractivity contribution in [2.75, 3.05) is 6.61 Å². The Morgan fingerprint density at radius 3 is 2.34 bits per heavy atom. The van der Waals surface area contributed by atoms with Crippen LogP contribution in [0.4, 0.5) is 0 Å². The SMILES string of the molecule is C=C(C)[C@@H]1CCC(C)=C[C@H]1c1c(O)cc(CCC)cc1OC(=O)C1(OP(=O)(O)OCCCCCCCCCC)CC1. The molecule has 1 unspecified atom stereocenters. The molecule has 3 atom stereocenters. The summed E-state index contributed by atoms with van der Waals surface area (Å²) in [5, 5.41) is 11.2. The molecule has 0 amide bonds. The molecule has 0 heterocycles. The molecule has 1 aromatic carbocycles. The number of carbonyl (C=O) groups excluding carboxylic acids is 1. The second-order valence-electron chi connectivity index (χ2n) is 12.1. The Balaban J connectivity index is 1.69. The van der Waals surface area contributed by atoms with Crippen LogP contribution in [0.5, 0.6) is 11.5 Å². The van der Waals surface area contributed by atoms with E-state index in [1.807, 2.05) is 13.8 Å². The fourth-order valence-corrected chi connectivity index (χ4v) is 6.84. The number of esters is 1. The summed E-state index contributed by atoms with van der Waals surface area (Å²) in [6.45, 7) is 12.6. The summed E-state index contributed by atoms with van der Waals surface area (Å²) in [7, 11) is -4.45. The van der Waals surface area contributed by atoms with Crippen molar-refractivity contribution in [3.63, 3.8) is 0 Å². The fourth-order valence-electron chi connectivity index (χ4n) is 5.73. The van der Waals surface area contributed by atoms with Gasteiger partial charge in [-0.1, -0.05) is 89.0 Å². The lowest BCUT2D eigenvalue weighted by molar-refractivity contribution is -0.145. The lowest BCUT2D eigenvalue weighted by Crippen LogP contribution is -2.31. The van der Waals surface area contributed by atoms with Crippen LogP contribution in [-0.4, -0.2) is 28.2 Å². The molecular formula is C33H51O7P. The second kappa shape index (κ2) is 15.5. The molecule has 0 spiro atoms. The Labute approximate surface area is 247 Å². The summed E-state index contributed by atoms with van der Waals surface area (Å²) < 4.78 is 29.3. The smallest absolute Gasteiger partial charge is 0.473 e. The number of phenols is 1. The van der Waals surface area contributed by atoms with Crippen LogP contribution >= 0.6 is 7.82 Å². The quantitative estimate of drug-likeness (QED) is 0.0578. The normalized spacial score (nSPS) is 21.1. The molecule has 0 aromatic heterocycles. The van der Waals surface area contributed by atoms with Crippen LogP contribution < -0.4 is 4.74 Å². The van der Waals surface area contributed by atoms with Crippen molar-refractivity contribution in [2.24, 2.45) is 5.92 Å². The number of aryl methyl sites for hydroxylation is 1. The number of allylic oxidation sites excluding steroid dienone is 3. The largest absolute Gasteiger partial charge is 0.507 e. The standard InChI is InChI=1S/C33H51O7P/c1-6-8-9-10-11-12-13-14-20-38-41(36,37)40-33(18-19-33)32(35)39-30-23-26(15-7-2)22-29(34)31(30)28-21-25(5)16-17-27(28)24(3)4/h21-23,27-28,34H,3,6-20H2,1-2,4-5H3,(H,36,37)/t27-,28+/m0/s1. The molecule has 7 nitrogen and oxygen atoms in total. The van der Waals surface area contributed by atoms with Gasteiger partial charge in [-0.3, -0.25) is 9.05 Å². The maximum atomic E-state index is 13.4. The predicted molar refractivity (Wildman–Crippen MR) is 163 cm³/mol. The van der Waals surface area contributed by atoms with Crippen LogP contribution in [-0.2, 0) is 24.8 Å². The van der Waals surface area contributed by atoms with Crippen molar-refractivity contribution < 1.29 is 33.1 Å². The van der Waals surface area contributed by atoms with Gasteiger partial charge in [-0.05, 0) is 76.0 Å². The van der Waals surface area contributed by atoms with Crippen molar-refractivity contribution >= 4 is 13.8 Å². The lowest BCUT2D eigenvalue weighted by Gasteiger charge is -2.32. The summed E-state index contributed by atoms with van der Waals surface area (Å²) in [4.78, 5) is 23.8. The van der Waals surface area contributed by atoms with Crippen molar-refractivity contribution in [3.05, 3.63) is 47.1 Å². The van der Waals surface area contributed by atoms with Crippen molar-refractivity contribution in [2.45, 2.75) is 129 Å². The molecule has 2 N–H and O–H groups in total. The predicted octanol–water partition coefficient (Wildman–Crippen LogP) is 9.07. The monoisotopic (exact) mass is 590 g/mol. The highest BCUT2D eigenvalue weighted by atomic mass is 31.2. The van der Waals surface area contributed by atoms with Crippen molar-refractivity contribution in [1.82, 2.24) is 0 Å². The molecule has 0 radical (unpaired) electrons. The van der Waals surface area contributed by atoms with E-state index in [1.165, 1.54) is 31.3 Å². The van der Waals surface area contributed by atoms with Gasteiger partial charge >= 0.3 is 13.8 Å². The van der Waals surface area contributed by atoms with Gasteiger partial charge in [0.2, 0.25) is 0 Å². The maximum absolute atomic E-state index is 13.4. The van der Waals surface area contributed by atoms with E-state index < -0.39 is 19.4 Å². The molecule has 1 saturated carbocycles. The number of benzene rings is 1. The van der Waals surface area contributed by atoms with E-state index >= 15 is 0 Å². The van der Waals surface area contributed by atoms with Crippen LogP contribution in [0, 0.1) is 5.92 Å². The molecule has 3 rings (SSSR count). The second-order valence-corrected chi connectivity index (χ2v) is 13.4. The van der Waals surface area contributed by atoms with Crippen molar-refractivity contribution in [3.8, 4) is 11.5 Å². The van der Waals surface area contributed by atoms with Crippen molar-refractivity contribution in [1.29, 1.82) is 0 Å². The molecule has 8 heteroatoms. The van der Waals surface area contributed by atoms with E-state index in [-0.39, 0.29) is 42.8 Å². The van der Waals surface area contributed by atoms with Gasteiger partial charge in [0.05, 0.1) is 6.61 Å². The van der Waals surface area contributed by atoms with E-state index in [2.05, 4.69) is 26.5 Å².